The maximum absolute atomic E-state index is 13.1. The zero-order chi connectivity index (χ0) is 10.3. The van der Waals surface area contributed by atoms with E-state index in [4.69, 9.17) is 4.74 Å². The summed E-state index contributed by atoms with van der Waals surface area (Å²) in [5.41, 5.74) is 0.0330. The molecule has 0 saturated heterocycles. The average Bonchev–Trinajstić information content (AvgIpc) is 2.08. The summed E-state index contributed by atoms with van der Waals surface area (Å²) in [6.07, 6.45) is -0.762. The molecule has 0 spiro atoms. The molecule has 0 fully saturated rings. The normalized spacial score (nSPS) is 19.6. The van der Waals surface area contributed by atoms with E-state index in [9.17, 15) is 13.6 Å². The van der Waals surface area contributed by atoms with Gasteiger partial charge in [0.1, 0.15) is 5.82 Å². The number of carbonyl (C=O) groups is 1. The lowest BCUT2D eigenvalue weighted by Crippen LogP contribution is -2.34. The zero-order valence-electron chi connectivity index (χ0n) is 7.30. The summed E-state index contributed by atoms with van der Waals surface area (Å²) >= 11 is 0. The third-order valence-electron chi connectivity index (χ3n) is 1.93. The standard InChI is InChI=1S/C9H7F2NO2/c1-4-9(13)12-7-3-5(10)2-6(11)8(7)14-4/h2-4H,1H3,(H,12,13)/t4-/m0/s1. The molecule has 0 radical (unpaired) electrons. The van der Waals surface area contributed by atoms with Crippen LogP contribution in [-0.2, 0) is 4.79 Å². The van der Waals surface area contributed by atoms with Gasteiger partial charge in [-0.15, -0.1) is 0 Å². The predicted octanol–water partition coefficient (Wildman–Crippen LogP) is 1.68. The van der Waals surface area contributed by atoms with Crippen LogP contribution in [0, 0.1) is 11.6 Å². The van der Waals surface area contributed by atoms with Crippen molar-refractivity contribution >= 4 is 11.6 Å². The van der Waals surface area contributed by atoms with Gasteiger partial charge >= 0.3 is 0 Å². The minimum absolute atomic E-state index is 0.0330. The number of hydrogen-bond donors (Lipinski definition) is 1. The fourth-order valence-corrected chi connectivity index (χ4v) is 1.24. The second-order valence-corrected chi connectivity index (χ2v) is 3.01. The number of rotatable bonds is 0. The van der Waals surface area contributed by atoms with Gasteiger partial charge in [0.2, 0.25) is 0 Å². The molecule has 0 aliphatic carbocycles. The van der Waals surface area contributed by atoms with E-state index in [1.807, 2.05) is 0 Å². The van der Waals surface area contributed by atoms with E-state index in [1.54, 1.807) is 0 Å². The van der Waals surface area contributed by atoms with Crippen LogP contribution < -0.4 is 10.1 Å². The first kappa shape index (κ1) is 8.93. The van der Waals surface area contributed by atoms with Crippen LogP contribution >= 0.6 is 0 Å². The number of fused-ring (bicyclic) bond motifs is 1. The second kappa shape index (κ2) is 2.94. The number of ether oxygens (including phenoxy) is 1. The molecule has 2 rings (SSSR count). The smallest absolute Gasteiger partial charge is 0.265 e. The molecule has 1 N–H and O–H groups in total. The molecule has 0 unspecified atom stereocenters. The molecule has 1 aliphatic heterocycles. The van der Waals surface area contributed by atoms with Gasteiger partial charge in [0.15, 0.2) is 17.7 Å². The van der Waals surface area contributed by atoms with E-state index < -0.39 is 23.6 Å². The predicted molar refractivity (Wildman–Crippen MR) is 45.1 cm³/mol. The highest BCUT2D eigenvalue weighted by Crippen LogP contribution is 2.32. The summed E-state index contributed by atoms with van der Waals surface area (Å²) < 4.78 is 30.8. The number of carbonyl (C=O) groups excluding carboxylic acids is 1. The Morgan fingerprint density at radius 3 is 2.86 bits per heavy atom. The molecular formula is C9H7F2NO2. The monoisotopic (exact) mass is 199 g/mol. The summed E-state index contributed by atoms with van der Waals surface area (Å²) in [6, 6.07) is 1.73. The summed E-state index contributed by atoms with van der Waals surface area (Å²) in [7, 11) is 0. The molecule has 1 aromatic carbocycles. The zero-order valence-corrected chi connectivity index (χ0v) is 7.30. The Labute approximate surface area is 78.7 Å². The van der Waals surface area contributed by atoms with Crippen molar-refractivity contribution in [3.63, 3.8) is 0 Å². The van der Waals surface area contributed by atoms with E-state index in [2.05, 4.69) is 5.32 Å². The Hall–Kier alpha value is -1.65. The van der Waals surface area contributed by atoms with Gasteiger partial charge in [-0.2, -0.15) is 0 Å². The van der Waals surface area contributed by atoms with Crippen molar-refractivity contribution in [1.29, 1.82) is 0 Å². The van der Waals surface area contributed by atoms with Crippen molar-refractivity contribution in [3.8, 4) is 5.75 Å². The van der Waals surface area contributed by atoms with Crippen molar-refractivity contribution in [3.05, 3.63) is 23.8 Å². The van der Waals surface area contributed by atoms with Crippen molar-refractivity contribution in [2.75, 3.05) is 5.32 Å². The lowest BCUT2D eigenvalue weighted by molar-refractivity contribution is -0.122. The van der Waals surface area contributed by atoms with Crippen LogP contribution in [0.2, 0.25) is 0 Å². The summed E-state index contributed by atoms with van der Waals surface area (Å²) in [5, 5.41) is 2.35. The first-order chi connectivity index (χ1) is 6.58. The van der Waals surface area contributed by atoms with E-state index in [0.29, 0.717) is 6.07 Å². The maximum Gasteiger partial charge on any atom is 0.265 e. The van der Waals surface area contributed by atoms with Gasteiger partial charge in [-0.05, 0) is 6.92 Å². The quantitative estimate of drug-likeness (QED) is 0.690. The van der Waals surface area contributed by atoms with Crippen LogP contribution in [-0.4, -0.2) is 12.0 Å². The number of anilines is 1. The maximum atomic E-state index is 13.1. The van der Waals surface area contributed by atoms with Gasteiger partial charge in [0.05, 0.1) is 5.69 Å². The molecule has 1 aromatic rings. The van der Waals surface area contributed by atoms with Crippen LogP contribution in [0.5, 0.6) is 5.75 Å². The number of benzene rings is 1. The SMILES string of the molecule is C[C@@H]1Oc2c(F)cc(F)cc2NC1=O. The van der Waals surface area contributed by atoms with E-state index in [0.717, 1.165) is 6.07 Å². The van der Waals surface area contributed by atoms with Crippen LogP contribution in [0.4, 0.5) is 14.5 Å². The third-order valence-corrected chi connectivity index (χ3v) is 1.93. The van der Waals surface area contributed by atoms with Crippen molar-refractivity contribution < 1.29 is 18.3 Å². The van der Waals surface area contributed by atoms with E-state index in [-0.39, 0.29) is 11.4 Å². The van der Waals surface area contributed by atoms with Gasteiger partial charge in [-0.25, -0.2) is 8.78 Å². The highest BCUT2D eigenvalue weighted by Gasteiger charge is 2.26. The van der Waals surface area contributed by atoms with Crippen LogP contribution in [0.3, 0.4) is 0 Å². The minimum atomic E-state index is -0.813. The number of nitrogens with one attached hydrogen (secondary N) is 1. The fraction of sp³-hybridized carbons (Fsp3) is 0.222. The topological polar surface area (TPSA) is 38.3 Å². The summed E-state index contributed by atoms with van der Waals surface area (Å²) in [4.78, 5) is 11.1. The highest BCUT2D eigenvalue weighted by atomic mass is 19.1. The molecule has 5 heteroatoms. The second-order valence-electron chi connectivity index (χ2n) is 3.01. The summed E-state index contributed by atoms with van der Waals surface area (Å²) in [6.45, 7) is 1.49. The Bertz CT molecular complexity index is 406. The van der Waals surface area contributed by atoms with Gasteiger partial charge in [0, 0.05) is 12.1 Å². The van der Waals surface area contributed by atoms with Gasteiger partial charge in [-0.1, -0.05) is 0 Å². The first-order valence-corrected chi connectivity index (χ1v) is 4.04. The Balaban J connectivity index is 2.51. The van der Waals surface area contributed by atoms with Gasteiger partial charge < -0.3 is 10.1 Å². The Morgan fingerprint density at radius 2 is 2.14 bits per heavy atom. The van der Waals surface area contributed by atoms with Crippen LogP contribution in [0.1, 0.15) is 6.92 Å². The molecule has 1 atom stereocenters. The van der Waals surface area contributed by atoms with Crippen LogP contribution in [0.25, 0.3) is 0 Å². The molecule has 14 heavy (non-hydrogen) atoms. The lowest BCUT2D eigenvalue weighted by Gasteiger charge is -2.23. The molecule has 0 bridgehead atoms. The molecular weight excluding hydrogens is 192 g/mol. The molecule has 1 heterocycles. The Morgan fingerprint density at radius 1 is 1.43 bits per heavy atom. The number of hydrogen-bond acceptors (Lipinski definition) is 2. The molecule has 0 saturated carbocycles. The van der Waals surface area contributed by atoms with Crippen LogP contribution in [0.15, 0.2) is 12.1 Å². The van der Waals surface area contributed by atoms with Crippen molar-refractivity contribution in [2.24, 2.45) is 0 Å². The molecule has 74 valence electrons. The molecule has 0 aromatic heterocycles. The highest BCUT2D eigenvalue weighted by molar-refractivity contribution is 5.97. The lowest BCUT2D eigenvalue weighted by atomic mass is 10.2. The van der Waals surface area contributed by atoms with Crippen molar-refractivity contribution in [1.82, 2.24) is 0 Å². The van der Waals surface area contributed by atoms with E-state index >= 15 is 0 Å². The first-order valence-electron chi connectivity index (χ1n) is 4.04. The van der Waals surface area contributed by atoms with Gasteiger partial charge in [0.25, 0.3) is 5.91 Å². The molecule has 1 aliphatic rings. The molecule has 1 amide bonds. The van der Waals surface area contributed by atoms with Gasteiger partial charge in [-0.3, -0.25) is 4.79 Å². The Kier molecular flexibility index (Phi) is 1.87. The number of halogens is 2. The fourth-order valence-electron chi connectivity index (χ4n) is 1.24. The number of amides is 1. The third kappa shape index (κ3) is 1.30. The largest absolute Gasteiger partial charge is 0.476 e. The van der Waals surface area contributed by atoms with Crippen molar-refractivity contribution in [2.45, 2.75) is 13.0 Å². The molecule has 3 nitrogen and oxygen atoms in total. The summed E-state index contributed by atoms with van der Waals surface area (Å²) in [5.74, 6) is -2.09. The minimum Gasteiger partial charge on any atom is -0.476 e. The average molecular weight is 199 g/mol. The van der Waals surface area contributed by atoms with E-state index in [1.165, 1.54) is 6.92 Å².